The maximum Gasteiger partial charge on any atom is 0.341 e. The highest BCUT2D eigenvalue weighted by Gasteiger charge is 2.21. The van der Waals surface area contributed by atoms with Crippen LogP contribution in [0, 0.1) is 6.92 Å². The standard InChI is InChI=1S/C26H28N4O4/c1-3-34-26(33)22-16-27-30(17(22)2)20-14-12-18(13-15-20)24(31)29-23-11-7-6-10-21(23)25(32)28-19-8-4-5-9-19/h6-7,10-16,19H,3-5,8-9H2,1-2H3,(H,28,32)(H,29,31). The molecule has 3 aromatic rings. The summed E-state index contributed by atoms with van der Waals surface area (Å²) >= 11 is 0. The van der Waals surface area contributed by atoms with Gasteiger partial charge in [-0.15, -0.1) is 0 Å². The Balaban J connectivity index is 1.47. The van der Waals surface area contributed by atoms with Gasteiger partial charge in [0.2, 0.25) is 0 Å². The van der Waals surface area contributed by atoms with Gasteiger partial charge in [0.25, 0.3) is 11.8 Å². The number of hydrogen-bond acceptors (Lipinski definition) is 5. The highest BCUT2D eigenvalue weighted by atomic mass is 16.5. The molecule has 0 saturated heterocycles. The first-order chi connectivity index (χ1) is 16.5. The van der Waals surface area contributed by atoms with Crippen LogP contribution in [-0.2, 0) is 4.74 Å². The van der Waals surface area contributed by atoms with E-state index in [2.05, 4.69) is 15.7 Å². The van der Waals surface area contributed by atoms with Gasteiger partial charge < -0.3 is 15.4 Å². The quantitative estimate of drug-likeness (QED) is 0.513. The van der Waals surface area contributed by atoms with E-state index >= 15 is 0 Å². The van der Waals surface area contributed by atoms with Crippen LogP contribution in [0.4, 0.5) is 5.69 Å². The summed E-state index contributed by atoms with van der Waals surface area (Å²) in [5.74, 6) is -0.917. The fourth-order valence-electron chi connectivity index (χ4n) is 4.15. The molecule has 2 aromatic carbocycles. The Kier molecular flexibility index (Phi) is 7.06. The number of nitrogens with one attached hydrogen (secondary N) is 2. The minimum atomic E-state index is -0.419. The summed E-state index contributed by atoms with van der Waals surface area (Å²) in [6, 6.07) is 14.1. The number of aromatic nitrogens is 2. The van der Waals surface area contributed by atoms with E-state index in [1.807, 2.05) is 0 Å². The molecule has 0 atom stereocenters. The minimum Gasteiger partial charge on any atom is -0.462 e. The number of para-hydroxylation sites is 1. The van der Waals surface area contributed by atoms with Gasteiger partial charge in [-0.1, -0.05) is 25.0 Å². The molecular weight excluding hydrogens is 432 g/mol. The van der Waals surface area contributed by atoms with E-state index < -0.39 is 5.97 Å². The van der Waals surface area contributed by atoms with Gasteiger partial charge in [-0.3, -0.25) is 9.59 Å². The second kappa shape index (κ2) is 10.3. The molecule has 8 heteroatoms. The van der Waals surface area contributed by atoms with Crippen LogP contribution in [0.25, 0.3) is 5.69 Å². The molecule has 2 amide bonds. The van der Waals surface area contributed by atoms with Crippen molar-refractivity contribution in [2.24, 2.45) is 0 Å². The molecule has 1 saturated carbocycles. The van der Waals surface area contributed by atoms with E-state index in [0.29, 0.717) is 40.4 Å². The Morgan fingerprint density at radius 1 is 1.00 bits per heavy atom. The van der Waals surface area contributed by atoms with Crippen LogP contribution in [0.15, 0.2) is 54.7 Å². The van der Waals surface area contributed by atoms with Crippen LogP contribution < -0.4 is 10.6 Å². The van der Waals surface area contributed by atoms with Crippen molar-refractivity contribution in [1.82, 2.24) is 15.1 Å². The first-order valence-corrected chi connectivity index (χ1v) is 11.5. The molecule has 0 unspecified atom stereocenters. The Hall–Kier alpha value is -3.94. The van der Waals surface area contributed by atoms with Gasteiger partial charge in [0.1, 0.15) is 5.56 Å². The Bertz CT molecular complexity index is 1190. The lowest BCUT2D eigenvalue weighted by atomic mass is 10.1. The highest BCUT2D eigenvalue weighted by Crippen LogP contribution is 2.21. The molecule has 1 aromatic heterocycles. The largest absolute Gasteiger partial charge is 0.462 e. The van der Waals surface area contributed by atoms with E-state index in [9.17, 15) is 14.4 Å². The number of esters is 1. The maximum atomic E-state index is 12.9. The molecule has 1 heterocycles. The maximum absolute atomic E-state index is 12.9. The zero-order valence-electron chi connectivity index (χ0n) is 19.3. The van der Waals surface area contributed by atoms with E-state index in [0.717, 1.165) is 25.7 Å². The molecule has 4 rings (SSSR count). The van der Waals surface area contributed by atoms with E-state index in [1.54, 1.807) is 67.1 Å². The smallest absolute Gasteiger partial charge is 0.341 e. The molecule has 8 nitrogen and oxygen atoms in total. The Morgan fingerprint density at radius 2 is 1.71 bits per heavy atom. The van der Waals surface area contributed by atoms with Crippen LogP contribution in [0.3, 0.4) is 0 Å². The van der Waals surface area contributed by atoms with Crippen LogP contribution in [-0.4, -0.2) is 40.2 Å². The lowest BCUT2D eigenvalue weighted by Crippen LogP contribution is -2.33. The van der Waals surface area contributed by atoms with Crippen molar-refractivity contribution in [3.8, 4) is 5.69 Å². The molecule has 1 fully saturated rings. The number of hydrogen-bond donors (Lipinski definition) is 2. The van der Waals surface area contributed by atoms with Gasteiger partial charge in [0.15, 0.2) is 0 Å². The van der Waals surface area contributed by atoms with Gasteiger partial charge in [0.05, 0.1) is 35.4 Å². The number of amides is 2. The number of carbonyl (C=O) groups is 3. The third-order valence-electron chi connectivity index (χ3n) is 5.99. The summed E-state index contributed by atoms with van der Waals surface area (Å²) in [7, 11) is 0. The fraction of sp³-hybridized carbons (Fsp3) is 0.308. The number of ether oxygens (including phenoxy) is 1. The zero-order chi connectivity index (χ0) is 24.1. The van der Waals surface area contributed by atoms with E-state index in [1.165, 1.54) is 6.20 Å². The Morgan fingerprint density at radius 3 is 2.41 bits per heavy atom. The molecule has 176 valence electrons. The average molecular weight is 461 g/mol. The van der Waals surface area contributed by atoms with Gasteiger partial charge in [-0.2, -0.15) is 5.10 Å². The number of benzene rings is 2. The summed E-state index contributed by atoms with van der Waals surface area (Å²) in [4.78, 5) is 37.7. The lowest BCUT2D eigenvalue weighted by Gasteiger charge is -2.15. The second-order valence-electron chi connectivity index (χ2n) is 8.28. The highest BCUT2D eigenvalue weighted by molar-refractivity contribution is 6.09. The minimum absolute atomic E-state index is 0.176. The van der Waals surface area contributed by atoms with Crippen LogP contribution in [0.1, 0.15) is 69.4 Å². The van der Waals surface area contributed by atoms with E-state index in [-0.39, 0.29) is 17.9 Å². The second-order valence-corrected chi connectivity index (χ2v) is 8.28. The summed E-state index contributed by atoms with van der Waals surface area (Å²) in [6.45, 7) is 3.83. The van der Waals surface area contributed by atoms with Crippen molar-refractivity contribution in [3.63, 3.8) is 0 Å². The first-order valence-electron chi connectivity index (χ1n) is 11.5. The van der Waals surface area contributed by atoms with E-state index in [4.69, 9.17) is 4.74 Å². The number of anilines is 1. The van der Waals surface area contributed by atoms with Gasteiger partial charge >= 0.3 is 5.97 Å². The van der Waals surface area contributed by atoms with Crippen LogP contribution in [0.2, 0.25) is 0 Å². The van der Waals surface area contributed by atoms with Crippen molar-refractivity contribution < 1.29 is 19.1 Å². The van der Waals surface area contributed by atoms with Crippen LogP contribution >= 0.6 is 0 Å². The number of carbonyl (C=O) groups excluding carboxylic acids is 3. The van der Waals surface area contributed by atoms with Gasteiger partial charge in [0, 0.05) is 11.6 Å². The van der Waals surface area contributed by atoms with Crippen molar-refractivity contribution >= 4 is 23.5 Å². The molecule has 1 aliphatic carbocycles. The topological polar surface area (TPSA) is 102 Å². The molecule has 0 radical (unpaired) electrons. The Labute approximate surface area is 198 Å². The summed E-state index contributed by atoms with van der Waals surface area (Å²) in [5, 5.41) is 10.2. The average Bonchev–Trinajstić information content (AvgIpc) is 3.49. The zero-order valence-corrected chi connectivity index (χ0v) is 19.3. The molecule has 0 aliphatic heterocycles. The monoisotopic (exact) mass is 460 g/mol. The summed E-state index contributed by atoms with van der Waals surface area (Å²) < 4.78 is 6.68. The van der Waals surface area contributed by atoms with Crippen LogP contribution in [0.5, 0.6) is 0 Å². The summed E-state index contributed by atoms with van der Waals surface area (Å²) in [6.07, 6.45) is 5.71. The molecule has 2 N–H and O–H groups in total. The molecule has 0 bridgehead atoms. The van der Waals surface area contributed by atoms with Crippen molar-refractivity contribution in [2.75, 3.05) is 11.9 Å². The number of rotatable bonds is 7. The summed E-state index contributed by atoms with van der Waals surface area (Å²) in [5.41, 5.74) is 3.10. The third-order valence-corrected chi connectivity index (χ3v) is 5.99. The fourth-order valence-corrected chi connectivity index (χ4v) is 4.15. The van der Waals surface area contributed by atoms with Crippen molar-refractivity contribution in [2.45, 2.75) is 45.6 Å². The normalized spacial score (nSPS) is 13.5. The molecule has 1 aliphatic rings. The molecular formula is C26H28N4O4. The molecule has 0 spiro atoms. The van der Waals surface area contributed by atoms with Crippen molar-refractivity contribution in [1.29, 1.82) is 0 Å². The SMILES string of the molecule is CCOC(=O)c1cnn(-c2ccc(C(=O)Nc3ccccc3C(=O)NC3CCCC3)cc2)c1C. The number of nitrogens with zero attached hydrogens (tertiary/aromatic N) is 2. The lowest BCUT2D eigenvalue weighted by molar-refractivity contribution is 0.0525. The van der Waals surface area contributed by atoms with Gasteiger partial charge in [-0.05, 0) is 63.1 Å². The first kappa shape index (κ1) is 23.2. The molecule has 34 heavy (non-hydrogen) atoms. The predicted molar refractivity (Wildman–Crippen MR) is 128 cm³/mol. The van der Waals surface area contributed by atoms with Gasteiger partial charge in [-0.25, -0.2) is 9.48 Å². The third kappa shape index (κ3) is 5.01. The predicted octanol–water partition coefficient (Wildman–Crippen LogP) is 4.28. The van der Waals surface area contributed by atoms with Crippen molar-refractivity contribution in [3.05, 3.63) is 77.1 Å².